The molecule has 0 aliphatic rings. The summed E-state index contributed by atoms with van der Waals surface area (Å²) in [5, 5.41) is 4.16. The topological polar surface area (TPSA) is 24.4 Å². The monoisotopic (exact) mass is 378 g/mol. The Hall–Kier alpha value is -2.58. The summed E-state index contributed by atoms with van der Waals surface area (Å²) < 4.78 is 0. The number of benzene rings is 2. The van der Waals surface area contributed by atoms with Crippen molar-refractivity contribution in [2.45, 2.75) is 27.3 Å². The standard InChI is InChI=1S/C24H27ClN2/c1-16(2)18(5)22-12-7-8-13-23(22)19(6)27-24(17(3)4)26-15-20-10-9-11-21(25)14-20/h7-14,17H,1,5-6,15H2,2-4H3,(H,26,27). The average Bonchev–Trinajstić information content (AvgIpc) is 2.64. The van der Waals surface area contributed by atoms with Crippen LogP contribution in [0.15, 0.2) is 78.8 Å². The van der Waals surface area contributed by atoms with Gasteiger partial charge in [0, 0.05) is 23.0 Å². The Labute approximate surface area is 168 Å². The zero-order valence-corrected chi connectivity index (χ0v) is 17.1. The fourth-order valence-electron chi connectivity index (χ4n) is 2.65. The van der Waals surface area contributed by atoms with Gasteiger partial charge in [0.15, 0.2) is 0 Å². The van der Waals surface area contributed by atoms with E-state index in [0.717, 1.165) is 38.7 Å². The van der Waals surface area contributed by atoms with Crippen LogP contribution < -0.4 is 5.32 Å². The fraction of sp³-hybridized carbons (Fsp3) is 0.208. The lowest BCUT2D eigenvalue weighted by Gasteiger charge is -2.16. The number of amidine groups is 1. The van der Waals surface area contributed by atoms with Gasteiger partial charge in [-0.25, -0.2) is 4.99 Å². The van der Waals surface area contributed by atoms with Crippen LogP contribution in [0.2, 0.25) is 5.02 Å². The molecule has 0 spiro atoms. The first-order valence-electron chi connectivity index (χ1n) is 9.00. The summed E-state index contributed by atoms with van der Waals surface area (Å²) in [7, 11) is 0. The molecule has 0 heterocycles. The maximum atomic E-state index is 6.07. The highest BCUT2D eigenvalue weighted by molar-refractivity contribution is 6.30. The number of rotatable bonds is 7. The first kappa shape index (κ1) is 20.7. The van der Waals surface area contributed by atoms with E-state index in [4.69, 9.17) is 16.6 Å². The predicted molar refractivity (Wildman–Crippen MR) is 120 cm³/mol. The molecule has 0 atom stereocenters. The van der Waals surface area contributed by atoms with E-state index < -0.39 is 0 Å². The summed E-state index contributed by atoms with van der Waals surface area (Å²) in [6.07, 6.45) is 0. The van der Waals surface area contributed by atoms with Crippen LogP contribution in [-0.2, 0) is 6.54 Å². The van der Waals surface area contributed by atoms with Gasteiger partial charge < -0.3 is 5.32 Å². The van der Waals surface area contributed by atoms with Crippen molar-refractivity contribution in [3.63, 3.8) is 0 Å². The molecule has 1 N–H and O–H groups in total. The summed E-state index contributed by atoms with van der Waals surface area (Å²) in [6, 6.07) is 15.8. The molecule has 2 rings (SSSR count). The lowest BCUT2D eigenvalue weighted by molar-refractivity contribution is 0.788. The number of aliphatic imine (C=N–C) groups is 1. The first-order valence-corrected chi connectivity index (χ1v) is 9.37. The lowest BCUT2D eigenvalue weighted by atomic mass is 9.95. The van der Waals surface area contributed by atoms with Crippen molar-refractivity contribution in [2.75, 3.05) is 0 Å². The molecule has 2 aromatic carbocycles. The molecule has 2 aromatic rings. The molecule has 0 fully saturated rings. The van der Waals surface area contributed by atoms with Crippen molar-refractivity contribution in [3.05, 3.63) is 95.6 Å². The molecule has 140 valence electrons. The summed E-state index contributed by atoms with van der Waals surface area (Å²) in [4.78, 5) is 4.79. The Morgan fingerprint density at radius 3 is 2.30 bits per heavy atom. The molecule has 3 heteroatoms. The first-order chi connectivity index (χ1) is 12.8. The lowest BCUT2D eigenvalue weighted by Crippen LogP contribution is -2.27. The van der Waals surface area contributed by atoms with E-state index in [0.29, 0.717) is 12.2 Å². The molecule has 0 saturated heterocycles. The van der Waals surface area contributed by atoms with Crippen LogP contribution in [0.3, 0.4) is 0 Å². The third-order valence-electron chi connectivity index (χ3n) is 4.24. The normalized spacial score (nSPS) is 11.4. The summed E-state index contributed by atoms with van der Waals surface area (Å²) >= 11 is 6.07. The Balaban J connectivity index is 2.26. The van der Waals surface area contributed by atoms with Crippen molar-refractivity contribution in [1.29, 1.82) is 0 Å². The van der Waals surface area contributed by atoms with Crippen LogP contribution in [0.25, 0.3) is 11.3 Å². The second-order valence-electron chi connectivity index (χ2n) is 6.89. The van der Waals surface area contributed by atoms with Crippen LogP contribution >= 0.6 is 11.6 Å². The van der Waals surface area contributed by atoms with Crippen molar-refractivity contribution < 1.29 is 0 Å². The van der Waals surface area contributed by atoms with Gasteiger partial charge in [0.2, 0.25) is 0 Å². The van der Waals surface area contributed by atoms with Gasteiger partial charge in [0.05, 0.1) is 5.70 Å². The molecule has 0 saturated carbocycles. The minimum absolute atomic E-state index is 0.234. The van der Waals surface area contributed by atoms with Crippen molar-refractivity contribution in [2.24, 2.45) is 10.9 Å². The molecule has 0 unspecified atom stereocenters. The van der Waals surface area contributed by atoms with Gasteiger partial charge in [-0.15, -0.1) is 0 Å². The second-order valence-corrected chi connectivity index (χ2v) is 7.32. The van der Waals surface area contributed by atoms with Crippen molar-refractivity contribution >= 4 is 28.7 Å². The van der Waals surface area contributed by atoms with E-state index in [1.165, 1.54) is 0 Å². The summed E-state index contributed by atoms with van der Waals surface area (Å²) in [5.74, 6) is 1.12. The van der Waals surface area contributed by atoms with E-state index in [1.807, 2.05) is 55.5 Å². The van der Waals surface area contributed by atoms with Gasteiger partial charge in [0.1, 0.15) is 5.84 Å². The molecule has 0 aromatic heterocycles. The van der Waals surface area contributed by atoms with Crippen LogP contribution in [0.1, 0.15) is 37.5 Å². The van der Waals surface area contributed by atoms with Crippen LogP contribution in [0, 0.1) is 5.92 Å². The molecule has 0 amide bonds. The molecule has 2 nitrogen and oxygen atoms in total. The molecular formula is C24H27ClN2. The van der Waals surface area contributed by atoms with Gasteiger partial charge in [-0.2, -0.15) is 0 Å². The van der Waals surface area contributed by atoms with Gasteiger partial charge >= 0.3 is 0 Å². The maximum absolute atomic E-state index is 6.07. The van der Waals surface area contributed by atoms with Crippen LogP contribution in [0.4, 0.5) is 0 Å². The highest BCUT2D eigenvalue weighted by atomic mass is 35.5. The van der Waals surface area contributed by atoms with E-state index in [1.54, 1.807) is 0 Å². The Kier molecular flexibility index (Phi) is 7.20. The minimum atomic E-state index is 0.234. The molecular weight excluding hydrogens is 352 g/mol. The largest absolute Gasteiger partial charge is 0.369 e. The maximum Gasteiger partial charge on any atom is 0.105 e. The highest BCUT2D eigenvalue weighted by Gasteiger charge is 2.11. The van der Waals surface area contributed by atoms with E-state index in [9.17, 15) is 0 Å². The highest BCUT2D eigenvalue weighted by Crippen LogP contribution is 2.28. The molecule has 0 aliphatic carbocycles. The Bertz CT molecular complexity index is 891. The molecule has 27 heavy (non-hydrogen) atoms. The van der Waals surface area contributed by atoms with Gasteiger partial charge in [0.25, 0.3) is 0 Å². The van der Waals surface area contributed by atoms with Gasteiger partial charge in [-0.05, 0) is 35.8 Å². The van der Waals surface area contributed by atoms with Crippen molar-refractivity contribution in [1.82, 2.24) is 5.32 Å². The van der Waals surface area contributed by atoms with E-state index in [2.05, 4.69) is 38.9 Å². The number of hydrogen-bond acceptors (Lipinski definition) is 1. The Morgan fingerprint density at radius 1 is 1.04 bits per heavy atom. The van der Waals surface area contributed by atoms with Crippen LogP contribution in [0.5, 0.6) is 0 Å². The third-order valence-corrected chi connectivity index (χ3v) is 4.48. The molecule has 0 radical (unpaired) electrons. The summed E-state index contributed by atoms with van der Waals surface area (Å²) in [5.41, 5.74) is 5.63. The predicted octanol–water partition coefficient (Wildman–Crippen LogP) is 6.74. The smallest absolute Gasteiger partial charge is 0.105 e. The second kappa shape index (κ2) is 9.38. The number of halogens is 1. The van der Waals surface area contributed by atoms with E-state index in [-0.39, 0.29) is 5.92 Å². The molecule has 0 aliphatic heterocycles. The van der Waals surface area contributed by atoms with E-state index >= 15 is 0 Å². The number of allylic oxidation sites excluding steroid dienone is 2. The van der Waals surface area contributed by atoms with Gasteiger partial charge in [-0.1, -0.05) is 87.2 Å². The minimum Gasteiger partial charge on any atom is -0.369 e. The SMILES string of the molecule is C=C(C)C(=C)c1ccccc1C(=C)/N=C(\NCc1cccc(Cl)c1)C(C)C. The van der Waals surface area contributed by atoms with Crippen LogP contribution in [-0.4, -0.2) is 5.84 Å². The zero-order chi connectivity index (χ0) is 20.0. The fourth-order valence-corrected chi connectivity index (χ4v) is 2.86. The number of nitrogens with one attached hydrogen (secondary N) is 1. The number of nitrogens with zero attached hydrogens (tertiary/aromatic N) is 1. The average molecular weight is 379 g/mol. The summed E-state index contributed by atoms with van der Waals surface area (Å²) in [6.45, 7) is 19.2. The molecule has 0 bridgehead atoms. The zero-order valence-electron chi connectivity index (χ0n) is 16.3. The van der Waals surface area contributed by atoms with Crippen molar-refractivity contribution in [3.8, 4) is 0 Å². The van der Waals surface area contributed by atoms with Gasteiger partial charge in [-0.3, -0.25) is 0 Å². The number of hydrogen-bond donors (Lipinski definition) is 1. The Morgan fingerprint density at radius 2 is 1.70 bits per heavy atom. The quantitative estimate of drug-likeness (QED) is 0.322. The third kappa shape index (κ3) is 5.70.